The van der Waals surface area contributed by atoms with Crippen molar-refractivity contribution >= 4 is 39.4 Å². The number of hydrogen-bond donors (Lipinski definition) is 1. The van der Waals surface area contributed by atoms with E-state index in [1.54, 1.807) is 43.3 Å². The molecule has 0 aliphatic carbocycles. The molecule has 33 heavy (non-hydrogen) atoms. The largest absolute Gasteiger partial charge is 0.451 e. The Morgan fingerprint density at radius 2 is 1.55 bits per heavy atom. The lowest BCUT2D eigenvalue weighted by Gasteiger charge is -2.15. The Labute approximate surface area is 193 Å². The maximum atomic E-state index is 13.3. The van der Waals surface area contributed by atoms with E-state index in [1.807, 2.05) is 42.5 Å². The first-order valence-electron chi connectivity index (χ1n) is 10.4. The van der Waals surface area contributed by atoms with E-state index in [2.05, 4.69) is 15.0 Å². The number of H-pyrrole nitrogens is 1. The number of fused-ring (bicyclic) bond motifs is 2. The predicted molar refractivity (Wildman–Crippen MR) is 128 cm³/mol. The zero-order valence-electron chi connectivity index (χ0n) is 17.6. The Morgan fingerprint density at radius 1 is 0.909 bits per heavy atom. The highest BCUT2D eigenvalue weighted by molar-refractivity contribution is 6.33. The van der Waals surface area contributed by atoms with E-state index in [9.17, 15) is 9.59 Å². The van der Waals surface area contributed by atoms with Crippen LogP contribution in [0.5, 0.6) is 0 Å². The molecule has 0 unspecified atom stereocenters. The van der Waals surface area contributed by atoms with Crippen LogP contribution in [0.25, 0.3) is 33.1 Å². The van der Waals surface area contributed by atoms with Crippen LogP contribution in [-0.4, -0.2) is 20.9 Å². The maximum absolute atomic E-state index is 13.3. The summed E-state index contributed by atoms with van der Waals surface area (Å²) in [4.78, 5) is 37.5. The maximum Gasteiger partial charge on any atom is 0.339 e. The number of nitrogens with zero attached hydrogens (tertiary/aromatic N) is 2. The minimum atomic E-state index is -0.773. The summed E-state index contributed by atoms with van der Waals surface area (Å²) in [5.41, 5.74) is 2.53. The van der Waals surface area contributed by atoms with Crippen molar-refractivity contribution in [2.45, 2.75) is 13.0 Å². The molecule has 0 amide bonds. The van der Waals surface area contributed by atoms with Gasteiger partial charge in [-0.05, 0) is 37.3 Å². The van der Waals surface area contributed by atoms with Gasteiger partial charge in [0.05, 0.1) is 27.7 Å². The fraction of sp³-hybridized carbons (Fsp3) is 0.0769. The number of aromatic nitrogens is 3. The molecule has 0 aliphatic heterocycles. The van der Waals surface area contributed by atoms with Gasteiger partial charge in [-0.25, -0.2) is 14.8 Å². The van der Waals surface area contributed by atoms with Gasteiger partial charge >= 0.3 is 5.97 Å². The molecular formula is C26H18ClN3O3. The smallest absolute Gasteiger partial charge is 0.339 e. The van der Waals surface area contributed by atoms with Crippen LogP contribution in [0.1, 0.15) is 29.2 Å². The first-order chi connectivity index (χ1) is 16.0. The zero-order chi connectivity index (χ0) is 22.9. The standard InChI is InChI=1S/C26H18ClN3O3/c1-15(24-29-22-13-7-4-10-18(22)25(31)30-24)33-26(32)19-14-23(17-9-2-5-11-20(17)27)28-21-12-6-3-8-16(19)21/h2-15H,1H3,(H,29,30,31)/t15-/m0/s1. The van der Waals surface area contributed by atoms with Crippen LogP contribution in [0.15, 0.2) is 83.7 Å². The number of benzene rings is 3. The van der Waals surface area contributed by atoms with Gasteiger partial charge in [0.2, 0.25) is 0 Å². The Morgan fingerprint density at radius 3 is 2.30 bits per heavy atom. The lowest BCUT2D eigenvalue weighted by atomic mass is 10.0. The molecule has 0 fully saturated rings. The SMILES string of the molecule is C[C@H](OC(=O)c1cc(-c2ccccc2Cl)nc2ccccc12)c1nc2ccccc2c(=O)[nH]1. The van der Waals surface area contributed by atoms with Crippen LogP contribution >= 0.6 is 11.6 Å². The number of hydrogen-bond acceptors (Lipinski definition) is 5. The van der Waals surface area contributed by atoms with Gasteiger partial charge in [-0.2, -0.15) is 0 Å². The molecule has 0 bridgehead atoms. The monoisotopic (exact) mass is 455 g/mol. The zero-order valence-corrected chi connectivity index (χ0v) is 18.3. The average Bonchev–Trinajstić information content (AvgIpc) is 2.83. The number of pyridine rings is 1. The third-order valence-electron chi connectivity index (χ3n) is 5.39. The van der Waals surface area contributed by atoms with Crippen LogP contribution in [0.3, 0.4) is 0 Å². The Hall–Kier alpha value is -4.03. The van der Waals surface area contributed by atoms with E-state index in [1.165, 1.54) is 0 Å². The number of carbonyl (C=O) groups excluding carboxylic acids is 1. The highest BCUT2D eigenvalue weighted by Gasteiger charge is 2.20. The molecule has 0 spiro atoms. The Balaban J connectivity index is 1.54. The summed E-state index contributed by atoms with van der Waals surface area (Å²) in [6, 6.07) is 23.3. The first-order valence-corrected chi connectivity index (χ1v) is 10.7. The van der Waals surface area contributed by atoms with Crippen LogP contribution in [0, 0.1) is 0 Å². The van der Waals surface area contributed by atoms with E-state index < -0.39 is 12.1 Å². The second-order valence-electron chi connectivity index (χ2n) is 7.57. The number of halogens is 1. The van der Waals surface area contributed by atoms with E-state index in [0.29, 0.717) is 43.6 Å². The van der Waals surface area contributed by atoms with Gasteiger partial charge in [-0.15, -0.1) is 0 Å². The average molecular weight is 456 g/mol. The molecular weight excluding hydrogens is 438 g/mol. The molecule has 1 atom stereocenters. The van der Waals surface area contributed by atoms with Gasteiger partial charge in [0.1, 0.15) is 0 Å². The van der Waals surface area contributed by atoms with Crippen molar-refractivity contribution in [1.82, 2.24) is 15.0 Å². The second-order valence-corrected chi connectivity index (χ2v) is 7.98. The van der Waals surface area contributed by atoms with Crippen molar-refractivity contribution in [2.75, 3.05) is 0 Å². The fourth-order valence-corrected chi connectivity index (χ4v) is 3.96. The molecule has 2 heterocycles. The van der Waals surface area contributed by atoms with E-state index >= 15 is 0 Å². The highest BCUT2D eigenvalue weighted by atomic mass is 35.5. The van der Waals surface area contributed by atoms with E-state index in [0.717, 1.165) is 0 Å². The summed E-state index contributed by atoms with van der Waals surface area (Å²) in [5, 5.41) is 1.67. The number of carbonyl (C=O) groups is 1. The van der Waals surface area contributed by atoms with E-state index in [4.69, 9.17) is 16.3 Å². The Kier molecular flexibility index (Phi) is 5.36. The Bertz CT molecular complexity index is 1580. The highest BCUT2D eigenvalue weighted by Crippen LogP contribution is 2.30. The molecule has 5 rings (SSSR count). The molecule has 5 aromatic rings. The number of ether oxygens (including phenoxy) is 1. The molecule has 7 heteroatoms. The van der Waals surface area contributed by atoms with Gasteiger partial charge in [0.15, 0.2) is 11.9 Å². The van der Waals surface area contributed by atoms with Gasteiger partial charge in [0.25, 0.3) is 5.56 Å². The summed E-state index contributed by atoms with van der Waals surface area (Å²) < 4.78 is 5.72. The molecule has 3 aromatic carbocycles. The number of para-hydroxylation sites is 2. The van der Waals surface area contributed by atoms with Crippen molar-refractivity contribution in [3.05, 3.63) is 106 Å². The van der Waals surface area contributed by atoms with Crippen LogP contribution < -0.4 is 5.56 Å². The third kappa shape index (κ3) is 3.97. The summed E-state index contributed by atoms with van der Waals surface area (Å²) in [6.07, 6.45) is -0.773. The van der Waals surface area contributed by atoms with Gasteiger partial charge in [-0.1, -0.05) is 60.1 Å². The molecule has 6 nitrogen and oxygen atoms in total. The summed E-state index contributed by atoms with van der Waals surface area (Å²) >= 11 is 6.37. The summed E-state index contributed by atoms with van der Waals surface area (Å²) in [7, 11) is 0. The van der Waals surface area contributed by atoms with Crippen molar-refractivity contribution < 1.29 is 9.53 Å². The lowest BCUT2D eigenvalue weighted by Crippen LogP contribution is -2.17. The fourth-order valence-electron chi connectivity index (χ4n) is 3.73. The summed E-state index contributed by atoms with van der Waals surface area (Å²) in [6.45, 7) is 1.67. The molecule has 162 valence electrons. The minimum absolute atomic E-state index is 0.275. The van der Waals surface area contributed by atoms with Gasteiger partial charge in [0, 0.05) is 16.0 Å². The number of aromatic amines is 1. The van der Waals surface area contributed by atoms with Crippen molar-refractivity contribution in [3.63, 3.8) is 0 Å². The molecule has 0 saturated carbocycles. The van der Waals surface area contributed by atoms with Gasteiger partial charge in [-0.3, -0.25) is 4.79 Å². The van der Waals surface area contributed by atoms with Crippen LogP contribution in [0.2, 0.25) is 5.02 Å². The molecule has 0 aliphatic rings. The number of rotatable bonds is 4. The van der Waals surface area contributed by atoms with Crippen LogP contribution in [0.4, 0.5) is 0 Å². The van der Waals surface area contributed by atoms with Crippen molar-refractivity contribution in [1.29, 1.82) is 0 Å². The van der Waals surface area contributed by atoms with Gasteiger partial charge < -0.3 is 9.72 Å². The molecule has 1 N–H and O–H groups in total. The first kappa shape index (κ1) is 20.8. The summed E-state index contributed by atoms with van der Waals surface area (Å²) in [5.74, 6) is -0.276. The molecule has 2 aromatic heterocycles. The van der Waals surface area contributed by atoms with Crippen molar-refractivity contribution in [2.24, 2.45) is 0 Å². The van der Waals surface area contributed by atoms with Crippen molar-refractivity contribution in [3.8, 4) is 11.3 Å². The second kappa shape index (κ2) is 8.48. The number of nitrogens with one attached hydrogen (secondary N) is 1. The molecule has 0 saturated heterocycles. The quantitative estimate of drug-likeness (QED) is 0.351. The predicted octanol–water partition coefficient (Wildman–Crippen LogP) is 5.71. The topological polar surface area (TPSA) is 84.9 Å². The normalized spacial score (nSPS) is 12.1. The third-order valence-corrected chi connectivity index (χ3v) is 5.72. The van der Waals surface area contributed by atoms with E-state index in [-0.39, 0.29) is 11.4 Å². The minimum Gasteiger partial charge on any atom is -0.451 e. The lowest BCUT2D eigenvalue weighted by molar-refractivity contribution is 0.0322. The number of esters is 1. The van der Waals surface area contributed by atoms with Crippen LogP contribution in [-0.2, 0) is 4.74 Å². The molecule has 0 radical (unpaired) electrons.